The second-order valence-corrected chi connectivity index (χ2v) is 2.32. The first-order valence-corrected chi connectivity index (χ1v) is 3.01. The Morgan fingerprint density at radius 3 is 1.91 bits per heavy atom. The molecule has 0 saturated carbocycles. The summed E-state index contributed by atoms with van der Waals surface area (Å²) >= 11 is 0. The molecular formula is C5H16Cl3N3. The summed E-state index contributed by atoms with van der Waals surface area (Å²) in [5, 5.41) is 3.17. The lowest BCUT2D eigenvalue weighted by atomic mass is 10.1. The zero-order chi connectivity index (χ0) is 5.98. The van der Waals surface area contributed by atoms with Crippen molar-refractivity contribution in [3.05, 3.63) is 0 Å². The molecule has 2 atom stereocenters. The maximum Gasteiger partial charge on any atom is 0.0218 e. The number of nitrogens with one attached hydrogen (secondary N) is 1. The molecule has 0 bridgehead atoms. The van der Waals surface area contributed by atoms with Crippen molar-refractivity contribution in [3.8, 4) is 0 Å². The van der Waals surface area contributed by atoms with Crippen LogP contribution in [0.15, 0.2) is 0 Å². The molecule has 1 saturated heterocycles. The molecule has 1 aliphatic rings. The molecular weight excluding hydrogens is 208 g/mol. The Kier molecular flexibility index (Phi) is 14.3. The molecule has 6 heteroatoms. The summed E-state index contributed by atoms with van der Waals surface area (Å²) in [6.07, 6.45) is 0. The van der Waals surface area contributed by atoms with Crippen molar-refractivity contribution in [3.63, 3.8) is 0 Å². The summed E-state index contributed by atoms with van der Waals surface area (Å²) in [7, 11) is 0. The van der Waals surface area contributed by atoms with E-state index in [0.29, 0.717) is 18.5 Å². The summed E-state index contributed by atoms with van der Waals surface area (Å²) in [5.41, 5.74) is 11.1. The van der Waals surface area contributed by atoms with Crippen LogP contribution in [0.2, 0.25) is 0 Å². The van der Waals surface area contributed by atoms with Crippen LogP contribution in [0.1, 0.15) is 0 Å². The molecule has 1 aliphatic heterocycles. The van der Waals surface area contributed by atoms with Gasteiger partial charge in [-0.2, -0.15) is 0 Å². The smallest absolute Gasteiger partial charge is 0.0218 e. The van der Waals surface area contributed by atoms with E-state index in [1.165, 1.54) is 0 Å². The lowest BCUT2D eigenvalue weighted by Gasteiger charge is -2.08. The van der Waals surface area contributed by atoms with Crippen molar-refractivity contribution < 1.29 is 0 Å². The van der Waals surface area contributed by atoms with Gasteiger partial charge in [-0.15, -0.1) is 37.2 Å². The molecule has 3 nitrogen and oxygen atoms in total. The molecule has 5 N–H and O–H groups in total. The Hall–Kier alpha value is 0.750. The lowest BCUT2D eigenvalue weighted by molar-refractivity contribution is 0.526. The first kappa shape index (κ1) is 17.7. The summed E-state index contributed by atoms with van der Waals surface area (Å²) < 4.78 is 0. The van der Waals surface area contributed by atoms with E-state index in [9.17, 15) is 0 Å². The second kappa shape index (κ2) is 8.84. The van der Waals surface area contributed by atoms with E-state index >= 15 is 0 Å². The van der Waals surface area contributed by atoms with Crippen LogP contribution in [0.3, 0.4) is 0 Å². The van der Waals surface area contributed by atoms with Crippen LogP contribution >= 0.6 is 37.2 Å². The molecule has 1 fully saturated rings. The Balaban J connectivity index is -0.000000213. The van der Waals surface area contributed by atoms with Crippen LogP contribution in [0, 0.1) is 5.92 Å². The van der Waals surface area contributed by atoms with Gasteiger partial charge in [-0.1, -0.05) is 0 Å². The third-order valence-electron chi connectivity index (χ3n) is 1.69. The van der Waals surface area contributed by atoms with E-state index in [0.717, 1.165) is 13.1 Å². The van der Waals surface area contributed by atoms with Crippen LogP contribution in [-0.4, -0.2) is 25.7 Å². The highest BCUT2D eigenvalue weighted by molar-refractivity contribution is 5.86. The van der Waals surface area contributed by atoms with E-state index < -0.39 is 0 Å². The minimum atomic E-state index is 0. The Labute approximate surface area is 85.9 Å². The van der Waals surface area contributed by atoms with Crippen molar-refractivity contribution in [2.45, 2.75) is 6.04 Å². The van der Waals surface area contributed by atoms with Gasteiger partial charge < -0.3 is 16.8 Å². The Morgan fingerprint density at radius 2 is 1.73 bits per heavy atom. The number of hydrogen-bond acceptors (Lipinski definition) is 3. The van der Waals surface area contributed by atoms with E-state index in [1.54, 1.807) is 0 Å². The predicted molar refractivity (Wildman–Crippen MR) is 55.1 cm³/mol. The van der Waals surface area contributed by atoms with Gasteiger partial charge >= 0.3 is 0 Å². The average molecular weight is 225 g/mol. The number of halogens is 3. The monoisotopic (exact) mass is 223 g/mol. The fraction of sp³-hybridized carbons (Fsp3) is 1.00. The molecule has 0 aliphatic carbocycles. The second-order valence-electron chi connectivity index (χ2n) is 2.32. The molecule has 1 heterocycles. The number of hydrogen-bond donors (Lipinski definition) is 3. The molecule has 0 spiro atoms. The molecule has 1 rings (SSSR count). The summed E-state index contributed by atoms with van der Waals surface area (Å²) in [4.78, 5) is 0. The van der Waals surface area contributed by atoms with Gasteiger partial charge in [0.1, 0.15) is 0 Å². The summed E-state index contributed by atoms with van der Waals surface area (Å²) in [6.45, 7) is 2.65. The SMILES string of the molecule is Cl.Cl.Cl.NC[C@@H]1CNC[C@H]1N. The first-order valence-electron chi connectivity index (χ1n) is 3.01. The normalized spacial score (nSPS) is 27.8. The number of nitrogens with two attached hydrogens (primary N) is 2. The Morgan fingerprint density at radius 1 is 1.18 bits per heavy atom. The van der Waals surface area contributed by atoms with Crippen LogP contribution in [-0.2, 0) is 0 Å². The average Bonchev–Trinajstić information content (AvgIpc) is 2.14. The van der Waals surface area contributed by atoms with Gasteiger partial charge in [-0.3, -0.25) is 0 Å². The van der Waals surface area contributed by atoms with Gasteiger partial charge in [0.15, 0.2) is 0 Å². The maximum absolute atomic E-state index is 5.65. The van der Waals surface area contributed by atoms with Gasteiger partial charge in [0.05, 0.1) is 0 Å². The predicted octanol–water partition coefficient (Wildman–Crippen LogP) is -0.243. The third-order valence-corrected chi connectivity index (χ3v) is 1.69. The highest BCUT2D eigenvalue weighted by Crippen LogP contribution is 2.02. The molecule has 0 aromatic rings. The topological polar surface area (TPSA) is 64.1 Å². The fourth-order valence-corrected chi connectivity index (χ4v) is 1.01. The molecule has 0 radical (unpaired) electrons. The van der Waals surface area contributed by atoms with E-state index in [1.807, 2.05) is 0 Å². The third kappa shape index (κ3) is 5.06. The molecule has 11 heavy (non-hydrogen) atoms. The quantitative estimate of drug-likeness (QED) is 0.576. The van der Waals surface area contributed by atoms with E-state index in [-0.39, 0.29) is 37.2 Å². The maximum atomic E-state index is 5.65. The molecule has 0 aromatic heterocycles. The summed E-state index contributed by atoms with van der Waals surface area (Å²) in [6, 6.07) is 0.292. The minimum absolute atomic E-state index is 0. The van der Waals surface area contributed by atoms with Crippen LogP contribution in [0.25, 0.3) is 0 Å². The number of rotatable bonds is 1. The van der Waals surface area contributed by atoms with E-state index in [4.69, 9.17) is 11.5 Å². The van der Waals surface area contributed by atoms with E-state index in [2.05, 4.69) is 5.32 Å². The van der Waals surface area contributed by atoms with Crippen LogP contribution < -0.4 is 16.8 Å². The van der Waals surface area contributed by atoms with Crippen LogP contribution in [0.5, 0.6) is 0 Å². The first-order chi connectivity index (χ1) is 3.84. The standard InChI is InChI=1S/C5H13N3.3ClH/c6-1-4-2-8-3-5(4)7;;;/h4-5,8H,1-3,6-7H2;3*1H/t4-,5-;;;/m1.../s1. The van der Waals surface area contributed by atoms with Gasteiger partial charge in [-0.05, 0) is 12.5 Å². The van der Waals surface area contributed by atoms with Gasteiger partial charge in [0.25, 0.3) is 0 Å². The van der Waals surface area contributed by atoms with Crippen molar-refractivity contribution in [1.29, 1.82) is 0 Å². The molecule has 0 amide bonds. The van der Waals surface area contributed by atoms with Crippen molar-refractivity contribution >= 4 is 37.2 Å². The Bertz CT molecular complexity index is 83.4. The zero-order valence-corrected chi connectivity index (χ0v) is 8.60. The van der Waals surface area contributed by atoms with Gasteiger partial charge in [0, 0.05) is 19.1 Å². The van der Waals surface area contributed by atoms with Crippen molar-refractivity contribution in [1.82, 2.24) is 5.32 Å². The zero-order valence-electron chi connectivity index (χ0n) is 6.16. The highest BCUT2D eigenvalue weighted by atomic mass is 35.5. The molecule has 72 valence electrons. The van der Waals surface area contributed by atoms with Crippen molar-refractivity contribution in [2.24, 2.45) is 17.4 Å². The van der Waals surface area contributed by atoms with Gasteiger partial charge in [0.2, 0.25) is 0 Å². The fourth-order valence-electron chi connectivity index (χ4n) is 1.01. The van der Waals surface area contributed by atoms with Gasteiger partial charge in [-0.25, -0.2) is 0 Å². The largest absolute Gasteiger partial charge is 0.330 e. The molecule has 0 aromatic carbocycles. The van der Waals surface area contributed by atoms with Crippen LogP contribution in [0.4, 0.5) is 0 Å². The molecule has 0 unspecified atom stereocenters. The minimum Gasteiger partial charge on any atom is -0.330 e. The highest BCUT2D eigenvalue weighted by Gasteiger charge is 2.20. The van der Waals surface area contributed by atoms with Crippen molar-refractivity contribution in [2.75, 3.05) is 19.6 Å². The lowest BCUT2D eigenvalue weighted by Crippen LogP contribution is -2.33. The summed E-state index contributed by atoms with van der Waals surface area (Å²) in [5.74, 6) is 0.509.